The van der Waals surface area contributed by atoms with E-state index in [9.17, 15) is 4.79 Å². The van der Waals surface area contributed by atoms with Crippen molar-refractivity contribution in [3.05, 3.63) is 48.3 Å². The second-order valence-corrected chi connectivity index (χ2v) is 6.53. The van der Waals surface area contributed by atoms with Gasteiger partial charge in [-0.05, 0) is 31.9 Å². The van der Waals surface area contributed by atoms with Crippen LogP contribution in [0.3, 0.4) is 0 Å². The monoisotopic (exact) mass is 324 g/mol. The second-order valence-electron chi connectivity index (χ2n) is 6.53. The lowest BCUT2D eigenvalue weighted by molar-refractivity contribution is 0.0353. The maximum Gasteiger partial charge on any atom is 0.274 e. The molecule has 2 unspecified atom stereocenters. The summed E-state index contributed by atoms with van der Waals surface area (Å²) in [5.74, 6) is 0.843. The highest BCUT2D eigenvalue weighted by molar-refractivity contribution is 5.92. The topological polar surface area (TPSA) is 68.2 Å². The van der Waals surface area contributed by atoms with E-state index >= 15 is 0 Å². The maximum absolute atomic E-state index is 12.8. The van der Waals surface area contributed by atoms with Gasteiger partial charge in [0.2, 0.25) is 0 Å². The number of amides is 1. The van der Waals surface area contributed by atoms with Gasteiger partial charge in [0.05, 0.1) is 11.9 Å². The number of rotatable bonds is 3. The number of carbonyl (C=O) groups excluding carboxylic acids is 1. The molecule has 24 heavy (non-hydrogen) atoms. The number of ether oxygens (including phenoxy) is 1. The van der Waals surface area contributed by atoms with Crippen molar-refractivity contribution >= 4 is 5.91 Å². The van der Waals surface area contributed by atoms with Gasteiger partial charge in [-0.25, -0.2) is 4.98 Å². The average Bonchev–Trinajstić information content (AvgIpc) is 2.87. The predicted octanol–water partition coefficient (Wildman–Crippen LogP) is 2.39. The summed E-state index contributed by atoms with van der Waals surface area (Å²) in [6.45, 7) is 1.87. The number of hydrogen-bond donors (Lipinski definition) is 0. The van der Waals surface area contributed by atoms with Crippen LogP contribution in [0.4, 0.5) is 0 Å². The van der Waals surface area contributed by atoms with Gasteiger partial charge in [-0.2, -0.15) is 0 Å². The largest absolute Gasteiger partial charge is 0.490 e. The molecule has 0 aliphatic carbocycles. The Morgan fingerprint density at radius 3 is 2.46 bits per heavy atom. The summed E-state index contributed by atoms with van der Waals surface area (Å²) in [5.41, 5.74) is 1.25. The van der Waals surface area contributed by atoms with E-state index in [1.165, 1.54) is 0 Å². The molecule has 6 nitrogen and oxygen atoms in total. The summed E-state index contributed by atoms with van der Waals surface area (Å²) < 4.78 is 6.08. The molecule has 0 saturated carbocycles. The van der Waals surface area contributed by atoms with Gasteiger partial charge in [0.25, 0.3) is 5.91 Å². The Hall–Kier alpha value is -2.50. The Bertz CT molecular complexity index is 706. The van der Waals surface area contributed by atoms with Crippen molar-refractivity contribution in [2.24, 2.45) is 0 Å². The predicted molar refractivity (Wildman–Crippen MR) is 87.6 cm³/mol. The molecular formula is C18H20N4O2. The van der Waals surface area contributed by atoms with Crippen LogP contribution in [-0.4, -0.2) is 43.9 Å². The first kappa shape index (κ1) is 15.1. The quantitative estimate of drug-likeness (QED) is 0.867. The zero-order chi connectivity index (χ0) is 16.5. The van der Waals surface area contributed by atoms with Crippen LogP contribution in [0, 0.1) is 6.92 Å². The third-order valence-corrected chi connectivity index (χ3v) is 4.88. The smallest absolute Gasteiger partial charge is 0.274 e. The number of carbonyl (C=O) groups is 1. The minimum atomic E-state index is -0.00244. The third-order valence-electron chi connectivity index (χ3n) is 4.88. The van der Waals surface area contributed by atoms with Crippen molar-refractivity contribution in [2.75, 3.05) is 0 Å². The molecule has 0 radical (unpaired) electrons. The molecule has 0 N–H and O–H groups in total. The molecule has 2 fully saturated rings. The van der Waals surface area contributed by atoms with E-state index in [2.05, 4.69) is 15.0 Å². The van der Waals surface area contributed by atoms with Crippen LogP contribution in [0.25, 0.3) is 0 Å². The number of aromatic nitrogens is 3. The molecule has 2 aliphatic rings. The Balaban J connectivity index is 1.47. The second kappa shape index (κ2) is 6.19. The Morgan fingerprint density at radius 2 is 1.83 bits per heavy atom. The first-order valence-corrected chi connectivity index (χ1v) is 8.38. The van der Waals surface area contributed by atoms with Gasteiger partial charge in [-0.15, -0.1) is 0 Å². The number of pyridine rings is 1. The van der Waals surface area contributed by atoms with Gasteiger partial charge in [0.1, 0.15) is 17.5 Å². The van der Waals surface area contributed by atoms with Crippen LogP contribution < -0.4 is 4.74 Å². The van der Waals surface area contributed by atoms with Crippen molar-refractivity contribution in [1.29, 1.82) is 0 Å². The van der Waals surface area contributed by atoms with E-state index in [-0.39, 0.29) is 24.1 Å². The van der Waals surface area contributed by atoms with E-state index in [0.717, 1.165) is 37.1 Å². The molecule has 1 amide bonds. The highest BCUT2D eigenvalue weighted by Gasteiger charge is 2.44. The summed E-state index contributed by atoms with van der Waals surface area (Å²) in [7, 11) is 0. The summed E-state index contributed by atoms with van der Waals surface area (Å²) in [6.07, 6.45) is 10.6. The van der Waals surface area contributed by atoms with Gasteiger partial charge in [-0.3, -0.25) is 14.8 Å². The first-order valence-electron chi connectivity index (χ1n) is 8.38. The van der Waals surface area contributed by atoms with Crippen LogP contribution in [0.2, 0.25) is 0 Å². The highest BCUT2D eigenvalue weighted by Crippen LogP contribution is 2.38. The van der Waals surface area contributed by atoms with Crippen LogP contribution in [0.5, 0.6) is 5.75 Å². The van der Waals surface area contributed by atoms with Gasteiger partial charge in [-0.1, -0.05) is 0 Å². The molecule has 124 valence electrons. The molecule has 2 atom stereocenters. The minimum Gasteiger partial charge on any atom is -0.490 e. The lowest BCUT2D eigenvalue weighted by Crippen LogP contribution is -2.49. The fourth-order valence-corrected chi connectivity index (χ4v) is 3.80. The standard InChI is InChI=1S/C18H20N4O2/c1-12-10-21-17(11-20-12)18(23)22-13-2-3-14(22)9-16(8-13)24-15-4-6-19-7-5-15/h4-7,10-11,13-14,16H,2-3,8-9H2,1H3. The summed E-state index contributed by atoms with van der Waals surface area (Å²) in [4.78, 5) is 27.3. The Morgan fingerprint density at radius 1 is 1.12 bits per heavy atom. The molecule has 2 aliphatic heterocycles. The lowest BCUT2D eigenvalue weighted by atomic mass is 9.99. The molecule has 0 aromatic carbocycles. The normalized spacial score (nSPS) is 25.5. The van der Waals surface area contributed by atoms with Crippen molar-refractivity contribution in [1.82, 2.24) is 19.9 Å². The van der Waals surface area contributed by atoms with E-state index in [1.807, 2.05) is 24.0 Å². The van der Waals surface area contributed by atoms with Gasteiger partial charge in [0, 0.05) is 43.5 Å². The molecular weight excluding hydrogens is 304 g/mol. The van der Waals surface area contributed by atoms with Crippen LogP contribution in [0.15, 0.2) is 36.9 Å². The summed E-state index contributed by atoms with van der Waals surface area (Å²) in [6, 6.07) is 4.21. The average molecular weight is 324 g/mol. The van der Waals surface area contributed by atoms with Crippen molar-refractivity contribution in [3.8, 4) is 5.75 Å². The molecule has 4 rings (SSSR count). The lowest BCUT2D eigenvalue weighted by Gasteiger charge is -2.38. The SMILES string of the molecule is Cc1cnc(C(=O)N2C3CCC2CC(Oc2ccncc2)C3)cn1. The minimum absolute atomic E-state index is 0.00244. The molecule has 4 heterocycles. The summed E-state index contributed by atoms with van der Waals surface area (Å²) in [5, 5.41) is 0. The number of nitrogens with zero attached hydrogens (tertiary/aromatic N) is 4. The molecule has 2 aromatic heterocycles. The number of aryl methyl sites for hydroxylation is 1. The number of hydrogen-bond acceptors (Lipinski definition) is 5. The first-order chi connectivity index (χ1) is 11.7. The van der Waals surface area contributed by atoms with Crippen LogP contribution in [-0.2, 0) is 0 Å². The molecule has 6 heteroatoms. The third kappa shape index (κ3) is 2.84. The van der Waals surface area contributed by atoms with Crippen LogP contribution in [0.1, 0.15) is 41.9 Å². The van der Waals surface area contributed by atoms with Crippen LogP contribution >= 0.6 is 0 Å². The molecule has 2 bridgehead atoms. The fraction of sp³-hybridized carbons (Fsp3) is 0.444. The molecule has 0 spiro atoms. The van der Waals surface area contributed by atoms with Crippen molar-refractivity contribution < 1.29 is 9.53 Å². The van der Waals surface area contributed by atoms with Gasteiger partial charge in [0.15, 0.2) is 0 Å². The van der Waals surface area contributed by atoms with Crippen molar-refractivity contribution in [3.63, 3.8) is 0 Å². The fourth-order valence-electron chi connectivity index (χ4n) is 3.80. The highest BCUT2D eigenvalue weighted by atomic mass is 16.5. The number of piperidine rings is 1. The van der Waals surface area contributed by atoms with Gasteiger partial charge >= 0.3 is 0 Å². The van der Waals surface area contributed by atoms with Crippen molar-refractivity contribution in [2.45, 2.75) is 50.8 Å². The van der Waals surface area contributed by atoms with E-state index in [1.54, 1.807) is 24.8 Å². The zero-order valence-corrected chi connectivity index (χ0v) is 13.6. The maximum atomic E-state index is 12.8. The summed E-state index contributed by atoms with van der Waals surface area (Å²) >= 11 is 0. The van der Waals surface area contributed by atoms with E-state index in [0.29, 0.717) is 5.69 Å². The van der Waals surface area contributed by atoms with Gasteiger partial charge < -0.3 is 9.64 Å². The zero-order valence-electron chi connectivity index (χ0n) is 13.6. The molecule has 2 saturated heterocycles. The Labute approximate surface area is 140 Å². The van der Waals surface area contributed by atoms with E-state index in [4.69, 9.17) is 4.74 Å². The molecule has 2 aromatic rings. The Kier molecular flexibility index (Phi) is 3.88. The number of fused-ring (bicyclic) bond motifs is 2. The van der Waals surface area contributed by atoms with E-state index < -0.39 is 0 Å².